The quantitative estimate of drug-likeness (QED) is 0.636. The van der Waals surface area contributed by atoms with E-state index >= 15 is 0 Å². The Labute approximate surface area is 86.8 Å². The van der Waals surface area contributed by atoms with Crippen LogP contribution < -0.4 is 0 Å². The topological polar surface area (TPSA) is 32.7 Å². The number of unbranched alkanes of at least 4 members (excludes halogenated alkanes) is 1. The Balaban J connectivity index is 2.42. The zero-order valence-corrected chi connectivity index (χ0v) is 9.41. The second-order valence-corrected chi connectivity index (χ2v) is 4.25. The molecule has 0 spiro atoms. The number of rotatable bonds is 5. The third kappa shape index (κ3) is 3.05. The molecule has 1 heterocycles. The van der Waals surface area contributed by atoms with Gasteiger partial charge in [0.15, 0.2) is 0 Å². The Morgan fingerprint density at radius 1 is 1.36 bits per heavy atom. The van der Waals surface area contributed by atoms with Crippen LogP contribution in [0.1, 0.15) is 46.0 Å². The normalized spacial score (nSPS) is 29.0. The molecule has 1 rings (SSSR count). The number of hydrogen-bond acceptors (Lipinski definition) is 3. The summed E-state index contributed by atoms with van der Waals surface area (Å²) in [6.07, 6.45) is 5.81. The minimum atomic E-state index is 0.0506. The number of nitrogens with zero attached hydrogens (tertiary/aromatic N) is 2. The molecule has 0 radical (unpaired) electrons. The van der Waals surface area contributed by atoms with Crippen LogP contribution in [0.2, 0.25) is 0 Å². The summed E-state index contributed by atoms with van der Waals surface area (Å²) in [4.78, 5) is 13.0. The molecule has 0 bridgehead atoms. The molecule has 0 aliphatic carbocycles. The van der Waals surface area contributed by atoms with Crippen LogP contribution >= 0.6 is 0 Å². The summed E-state index contributed by atoms with van der Waals surface area (Å²) in [7, 11) is 0. The van der Waals surface area contributed by atoms with Gasteiger partial charge in [-0.3, -0.25) is 4.90 Å². The molecule has 82 valence electrons. The van der Waals surface area contributed by atoms with Crippen molar-refractivity contribution in [1.82, 2.24) is 4.90 Å². The Morgan fingerprint density at radius 2 is 2.14 bits per heavy atom. The van der Waals surface area contributed by atoms with Crippen molar-refractivity contribution in [2.24, 2.45) is 5.18 Å². The van der Waals surface area contributed by atoms with Gasteiger partial charge in [-0.25, -0.2) is 0 Å². The highest BCUT2D eigenvalue weighted by molar-refractivity contribution is 4.84. The summed E-state index contributed by atoms with van der Waals surface area (Å²) in [5.74, 6) is 0. The lowest BCUT2D eigenvalue weighted by atomic mass is 9.96. The summed E-state index contributed by atoms with van der Waals surface area (Å²) in [5.41, 5.74) is 0. The van der Waals surface area contributed by atoms with Gasteiger partial charge in [0.05, 0.1) is 0 Å². The van der Waals surface area contributed by atoms with Crippen molar-refractivity contribution >= 4 is 0 Å². The summed E-state index contributed by atoms with van der Waals surface area (Å²) in [6.45, 7) is 6.47. The zero-order chi connectivity index (χ0) is 10.4. The number of nitroso groups, excluding NO2 is 1. The standard InChI is InChI=1S/C11H22N2O/c1-3-5-8-13-9-10(12-14)6-7-11(13)4-2/h10-11H,3-9H2,1-2H3/t10?,11-/m1/s1. The van der Waals surface area contributed by atoms with Crippen molar-refractivity contribution in [3.63, 3.8) is 0 Å². The fourth-order valence-electron chi connectivity index (χ4n) is 2.26. The van der Waals surface area contributed by atoms with E-state index in [9.17, 15) is 4.91 Å². The van der Waals surface area contributed by atoms with Crippen molar-refractivity contribution < 1.29 is 0 Å². The number of likely N-dealkylation sites (tertiary alicyclic amines) is 1. The average molecular weight is 198 g/mol. The summed E-state index contributed by atoms with van der Waals surface area (Å²) >= 11 is 0. The SMILES string of the molecule is CCCCN1CC(N=O)CC[C@H]1CC. The van der Waals surface area contributed by atoms with Crippen molar-refractivity contribution in [3.05, 3.63) is 4.91 Å². The molecule has 1 unspecified atom stereocenters. The minimum Gasteiger partial charge on any atom is -0.298 e. The van der Waals surface area contributed by atoms with Crippen LogP contribution in [0.4, 0.5) is 0 Å². The lowest BCUT2D eigenvalue weighted by Gasteiger charge is -2.37. The maximum absolute atomic E-state index is 10.5. The van der Waals surface area contributed by atoms with E-state index in [0.717, 1.165) is 25.9 Å². The molecule has 14 heavy (non-hydrogen) atoms. The molecule has 3 nitrogen and oxygen atoms in total. The van der Waals surface area contributed by atoms with Gasteiger partial charge in [0.2, 0.25) is 0 Å². The highest BCUT2D eigenvalue weighted by Gasteiger charge is 2.26. The van der Waals surface area contributed by atoms with Crippen molar-refractivity contribution in [1.29, 1.82) is 0 Å². The fourth-order valence-corrected chi connectivity index (χ4v) is 2.26. The van der Waals surface area contributed by atoms with Crippen LogP contribution in [0.5, 0.6) is 0 Å². The fraction of sp³-hybridized carbons (Fsp3) is 1.00. The predicted molar refractivity (Wildman–Crippen MR) is 59.4 cm³/mol. The first kappa shape index (κ1) is 11.6. The second kappa shape index (κ2) is 6.12. The molecule has 1 fully saturated rings. The predicted octanol–water partition coefficient (Wildman–Crippen LogP) is 2.80. The van der Waals surface area contributed by atoms with Gasteiger partial charge in [-0.05, 0) is 32.2 Å². The first-order chi connectivity index (χ1) is 6.81. The van der Waals surface area contributed by atoms with E-state index in [-0.39, 0.29) is 6.04 Å². The first-order valence-electron chi connectivity index (χ1n) is 5.88. The summed E-state index contributed by atoms with van der Waals surface area (Å²) in [6, 6.07) is 0.745. The van der Waals surface area contributed by atoms with E-state index in [0.29, 0.717) is 6.04 Å². The Hall–Kier alpha value is -0.440. The van der Waals surface area contributed by atoms with E-state index < -0.39 is 0 Å². The third-order valence-electron chi connectivity index (χ3n) is 3.21. The van der Waals surface area contributed by atoms with E-state index in [1.165, 1.54) is 19.3 Å². The lowest BCUT2D eigenvalue weighted by Crippen LogP contribution is -2.44. The molecular weight excluding hydrogens is 176 g/mol. The third-order valence-corrected chi connectivity index (χ3v) is 3.21. The molecule has 0 amide bonds. The van der Waals surface area contributed by atoms with Crippen LogP contribution in [0.3, 0.4) is 0 Å². The molecule has 0 aromatic rings. The van der Waals surface area contributed by atoms with Gasteiger partial charge in [-0.1, -0.05) is 25.4 Å². The van der Waals surface area contributed by atoms with Crippen LogP contribution in [0.15, 0.2) is 5.18 Å². The first-order valence-corrected chi connectivity index (χ1v) is 5.88. The second-order valence-electron chi connectivity index (χ2n) is 4.25. The molecule has 0 aromatic carbocycles. The minimum absolute atomic E-state index is 0.0506. The van der Waals surface area contributed by atoms with Crippen molar-refractivity contribution in [3.8, 4) is 0 Å². The van der Waals surface area contributed by atoms with Gasteiger partial charge in [-0.15, -0.1) is 0 Å². The molecule has 0 aromatic heterocycles. The lowest BCUT2D eigenvalue weighted by molar-refractivity contribution is 0.128. The maximum Gasteiger partial charge on any atom is 0.105 e. The molecule has 0 N–H and O–H groups in total. The molecule has 1 saturated heterocycles. The van der Waals surface area contributed by atoms with Gasteiger partial charge in [0, 0.05) is 12.6 Å². The van der Waals surface area contributed by atoms with E-state index in [1.807, 2.05) is 0 Å². The van der Waals surface area contributed by atoms with Gasteiger partial charge in [-0.2, -0.15) is 4.91 Å². The molecule has 3 heteroatoms. The van der Waals surface area contributed by atoms with E-state index in [4.69, 9.17) is 0 Å². The smallest absolute Gasteiger partial charge is 0.105 e. The monoisotopic (exact) mass is 198 g/mol. The van der Waals surface area contributed by atoms with Gasteiger partial charge >= 0.3 is 0 Å². The van der Waals surface area contributed by atoms with Crippen LogP contribution in [0.25, 0.3) is 0 Å². The average Bonchev–Trinajstić information content (AvgIpc) is 2.25. The van der Waals surface area contributed by atoms with Crippen LogP contribution in [-0.4, -0.2) is 30.1 Å². The Bertz CT molecular complexity index is 173. The molecule has 0 saturated carbocycles. The largest absolute Gasteiger partial charge is 0.298 e. The number of hydrogen-bond donors (Lipinski definition) is 0. The summed E-state index contributed by atoms with van der Waals surface area (Å²) < 4.78 is 0. The molecule has 1 aliphatic heterocycles. The molecule has 2 atom stereocenters. The molecule has 1 aliphatic rings. The van der Waals surface area contributed by atoms with Gasteiger partial charge in [0.25, 0.3) is 0 Å². The number of piperidine rings is 1. The van der Waals surface area contributed by atoms with Crippen molar-refractivity contribution in [2.75, 3.05) is 13.1 Å². The zero-order valence-electron chi connectivity index (χ0n) is 9.41. The van der Waals surface area contributed by atoms with Gasteiger partial charge in [0.1, 0.15) is 6.04 Å². The summed E-state index contributed by atoms with van der Waals surface area (Å²) in [5, 5.41) is 3.18. The Kier molecular flexibility index (Phi) is 5.09. The highest BCUT2D eigenvalue weighted by atomic mass is 16.3. The van der Waals surface area contributed by atoms with Crippen LogP contribution in [-0.2, 0) is 0 Å². The van der Waals surface area contributed by atoms with Crippen molar-refractivity contribution in [2.45, 2.75) is 58.0 Å². The maximum atomic E-state index is 10.5. The van der Waals surface area contributed by atoms with Crippen LogP contribution in [0, 0.1) is 4.91 Å². The van der Waals surface area contributed by atoms with E-state index in [2.05, 4.69) is 23.9 Å². The molecular formula is C11H22N2O. The Morgan fingerprint density at radius 3 is 2.71 bits per heavy atom. The van der Waals surface area contributed by atoms with E-state index in [1.54, 1.807) is 0 Å². The highest BCUT2D eigenvalue weighted by Crippen LogP contribution is 2.21. The van der Waals surface area contributed by atoms with Gasteiger partial charge < -0.3 is 0 Å².